The van der Waals surface area contributed by atoms with Gasteiger partial charge >= 0.3 is 0 Å². The van der Waals surface area contributed by atoms with Gasteiger partial charge in [0.05, 0.1) is 5.52 Å². The number of hydrogen-bond donors (Lipinski definition) is 0. The van der Waals surface area contributed by atoms with E-state index in [1.165, 1.54) is 23.9 Å². The molecular formula is C16H19BrN2. The summed E-state index contributed by atoms with van der Waals surface area (Å²) in [6.45, 7) is 4.40. The number of fused-ring (bicyclic) bond motifs is 1. The molecule has 0 amide bonds. The topological polar surface area (TPSA) is 16.1 Å². The van der Waals surface area contributed by atoms with E-state index in [1.807, 2.05) is 0 Å². The number of benzene rings is 1. The number of hydrogen-bond acceptors (Lipinski definition) is 2. The number of anilines is 1. The average Bonchev–Trinajstić information content (AvgIpc) is 2.46. The lowest BCUT2D eigenvalue weighted by Crippen LogP contribution is -2.34. The molecule has 0 N–H and O–H groups in total. The van der Waals surface area contributed by atoms with Crippen molar-refractivity contribution in [3.63, 3.8) is 0 Å². The molecule has 1 aliphatic heterocycles. The molecule has 0 unspecified atom stereocenters. The first kappa shape index (κ1) is 12.9. The Bertz CT molecular complexity index is 574. The molecule has 19 heavy (non-hydrogen) atoms. The molecule has 0 bridgehead atoms. The number of rotatable bonds is 2. The van der Waals surface area contributed by atoms with Crippen LogP contribution in [0.3, 0.4) is 0 Å². The highest BCUT2D eigenvalue weighted by molar-refractivity contribution is 9.09. The van der Waals surface area contributed by atoms with Crippen LogP contribution in [0, 0.1) is 12.8 Å². The van der Waals surface area contributed by atoms with Crippen LogP contribution in [0.4, 0.5) is 5.69 Å². The maximum absolute atomic E-state index is 4.63. The summed E-state index contributed by atoms with van der Waals surface area (Å²) in [6.07, 6.45) is 2.56. The molecule has 1 aromatic carbocycles. The molecule has 0 spiro atoms. The standard InChI is InChI=1S/C16H19BrN2/c1-12-10-16(14-4-2-3-5-15(14)18-12)19-8-6-13(11-17)7-9-19/h2-5,10,13H,6-9,11H2,1H3. The highest BCUT2D eigenvalue weighted by Gasteiger charge is 2.20. The zero-order valence-corrected chi connectivity index (χ0v) is 12.9. The fourth-order valence-corrected chi connectivity index (χ4v) is 3.52. The van der Waals surface area contributed by atoms with Gasteiger partial charge in [-0.15, -0.1) is 0 Å². The first-order valence-corrected chi connectivity index (χ1v) is 8.07. The van der Waals surface area contributed by atoms with Gasteiger partial charge in [0.25, 0.3) is 0 Å². The summed E-state index contributed by atoms with van der Waals surface area (Å²) >= 11 is 3.61. The normalized spacial score (nSPS) is 17.1. The Hall–Kier alpha value is -1.09. The molecule has 2 aromatic rings. The fourth-order valence-electron chi connectivity index (χ4n) is 2.88. The molecular weight excluding hydrogens is 300 g/mol. The minimum absolute atomic E-state index is 0.838. The van der Waals surface area contributed by atoms with E-state index in [-0.39, 0.29) is 0 Å². The Morgan fingerprint density at radius 1 is 1.26 bits per heavy atom. The van der Waals surface area contributed by atoms with E-state index in [4.69, 9.17) is 0 Å². The number of alkyl halides is 1. The van der Waals surface area contributed by atoms with Crippen LogP contribution in [0.5, 0.6) is 0 Å². The zero-order valence-electron chi connectivity index (χ0n) is 11.3. The van der Waals surface area contributed by atoms with Gasteiger partial charge in [-0.3, -0.25) is 4.98 Å². The van der Waals surface area contributed by atoms with E-state index in [0.717, 1.165) is 35.5 Å². The van der Waals surface area contributed by atoms with Crippen molar-refractivity contribution >= 4 is 32.5 Å². The Balaban J connectivity index is 1.96. The van der Waals surface area contributed by atoms with Crippen LogP contribution >= 0.6 is 15.9 Å². The van der Waals surface area contributed by atoms with E-state index in [9.17, 15) is 0 Å². The summed E-state index contributed by atoms with van der Waals surface area (Å²) in [5.74, 6) is 0.838. The second kappa shape index (κ2) is 5.49. The molecule has 0 saturated carbocycles. The molecule has 3 rings (SSSR count). The highest BCUT2D eigenvalue weighted by Crippen LogP contribution is 2.30. The van der Waals surface area contributed by atoms with E-state index < -0.39 is 0 Å². The molecule has 0 aliphatic carbocycles. The molecule has 2 nitrogen and oxygen atoms in total. The number of aryl methyl sites for hydroxylation is 1. The van der Waals surface area contributed by atoms with Crippen molar-refractivity contribution in [3.05, 3.63) is 36.0 Å². The molecule has 0 radical (unpaired) electrons. The largest absolute Gasteiger partial charge is 0.371 e. The van der Waals surface area contributed by atoms with Gasteiger partial charge in [-0.05, 0) is 37.8 Å². The molecule has 1 aliphatic rings. The summed E-state index contributed by atoms with van der Waals surface area (Å²) in [6, 6.07) is 10.7. The van der Waals surface area contributed by atoms with Gasteiger partial charge in [0.1, 0.15) is 0 Å². The monoisotopic (exact) mass is 318 g/mol. The zero-order chi connectivity index (χ0) is 13.2. The second-order valence-corrected chi connectivity index (χ2v) is 6.03. The van der Waals surface area contributed by atoms with Gasteiger partial charge < -0.3 is 4.90 Å². The third-order valence-electron chi connectivity index (χ3n) is 4.00. The highest BCUT2D eigenvalue weighted by atomic mass is 79.9. The van der Waals surface area contributed by atoms with Crippen molar-refractivity contribution < 1.29 is 0 Å². The van der Waals surface area contributed by atoms with Gasteiger partial charge in [0.2, 0.25) is 0 Å². The number of nitrogens with zero attached hydrogens (tertiary/aromatic N) is 2. The van der Waals surface area contributed by atoms with Gasteiger partial charge in [-0.1, -0.05) is 34.1 Å². The first-order valence-electron chi connectivity index (χ1n) is 6.95. The van der Waals surface area contributed by atoms with Gasteiger partial charge in [-0.2, -0.15) is 0 Å². The number of para-hydroxylation sites is 1. The molecule has 100 valence electrons. The van der Waals surface area contributed by atoms with Gasteiger partial charge in [0.15, 0.2) is 0 Å². The lowest BCUT2D eigenvalue weighted by Gasteiger charge is -2.33. The van der Waals surface area contributed by atoms with Crippen LogP contribution < -0.4 is 4.90 Å². The van der Waals surface area contributed by atoms with Crippen LogP contribution in [-0.2, 0) is 0 Å². The van der Waals surface area contributed by atoms with E-state index in [2.05, 4.69) is 63.1 Å². The van der Waals surface area contributed by atoms with Gasteiger partial charge in [0, 0.05) is 35.2 Å². The van der Waals surface area contributed by atoms with Crippen LogP contribution in [0.2, 0.25) is 0 Å². The number of aromatic nitrogens is 1. The van der Waals surface area contributed by atoms with E-state index >= 15 is 0 Å². The van der Waals surface area contributed by atoms with Crippen LogP contribution in [0.15, 0.2) is 30.3 Å². The molecule has 2 heterocycles. The Kier molecular flexibility index (Phi) is 3.74. The average molecular weight is 319 g/mol. The predicted octanol–water partition coefficient (Wildman–Crippen LogP) is 4.15. The van der Waals surface area contributed by atoms with Crippen LogP contribution in [0.1, 0.15) is 18.5 Å². The summed E-state index contributed by atoms with van der Waals surface area (Å²) in [4.78, 5) is 7.15. The second-order valence-electron chi connectivity index (χ2n) is 5.38. The quantitative estimate of drug-likeness (QED) is 0.773. The van der Waals surface area contributed by atoms with Crippen molar-refractivity contribution in [3.8, 4) is 0 Å². The Morgan fingerprint density at radius 3 is 2.74 bits per heavy atom. The van der Waals surface area contributed by atoms with Crippen LogP contribution in [0.25, 0.3) is 10.9 Å². The van der Waals surface area contributed by atoms with Crippen molar-refractivity contribution in [2.75, 3.05) is 23.3 Å². The Labute approximate surface area is 123 Å². The SMILES string of the molecule is Cc1cc(N2CCC(CBr)CC2)c2ccccc2n1. The number of halogens is 1. The molecule has 3 heteroatoms. The fraction of sp³-hybridized carbons (Fsp3) is 0.438. The molecule has 1 aromatic heterocycles. The lowest BCUT2D eigenvalue weighted by atomic mass is 9.98. The van der Waals surface area contributed by atoms with E-state index in [0.29, 0.717) is 0 Å². The molecule has 1 fully saturated rings. The summed E-state index contributed by atoms with van der Waals surface area (Å²) in [5.41, 5.74) is 3.58. The van der Waals surface area contributed by atoms with E-state index in [1.54, 1.807) is 0 Å². The first-order chi connectivity index (χ1) is 9.28. The number of piperidine rings is 1. The minimum atomic E-state index is 0.838. The minimum Gasteiger partial charge on any atom is -0.371 e. The summed E-state index contributed by atoms with van der Waals surface area (Å²) < 4.78 is 0. The Morgan fingerprint density at radius 2 is 2.00 bits per heavy atom. The van der Waals surface area contributed by atoms with Crippen molar-refractivity contribution in [1.82, 2.24) is 4.98 Å². The van der Waals surface area contributed by atoms with Gasteiger partial charge in [-0.25, -0.2) is 0 Å². The predicted molar refractivity (Wildman–Crippen MR) is 85.2 cm³/mol. The van der Waals surface area contributed by atoms with Crippen LogP contribution in [-0.4, -0.2) is 23.4 Å². The lowest BCUT2D eigenvalue weighted by molar-refractivity contribution is 0.447. The van der Waals surface area contributed by atoms with Crippen molar-refractivity contribution in [1.29, 1.82) is 0 Å². The third-order valence-corrected chi connectivity index (χ3v) is 4.91. The summed E-state index contributed by atoms with van der Waals surface area (Å²) in [7, 11) is 0. The molecule has 1 saturated heterocycles. The number of pyridine rings is 1. The smallest absolute Gasteiger partial charge is 0.0726 e. The van der Waals surface area contributed by atoms with Crippen molar-refractivity contribution in [2.45, 2.75) is 19.8 Å². The van der Waals surface area contributed by atoms with Crippen molar-refractivity contribution in [2.24, 2.45) is 5.92 Å². The third kappa shape index (κ3) is 2.62. The molecule has 0 atom stereocenters. The maximum Gasteiger partial charge on any atom is 0.0726 e. The maximum atomic E-state index is 4.63. The summed E-state index contributed by atoms with van der Waals surface area (Å²) in [5, 5.41) is 2.42.